The van der Waals surface area contributed by atoms with Crippen molar-refractivity contribution in [1.29, 1.82) is 0 Å². The molecule has 0 saturated carbocycles. The Morgan fingerprint density at radius 3 is 2.32 bits per heavy atom. The molecule has 4 rings (SSSR count). The van der Waals surface area contributed by atoms with Gasteiger partial charge in [-0.25, -0.2) is 5.48 Å². The first kappa shape index (κ1) is 29.7. The molecule has 2 unspecified atom stereocenters. The fraction of sp³-hybridized carbons (Fsp3) is 0.387. The monoisotopic (exact) mass is 559 g/mol. The highest BCUT2D eigenvalue weighted by molar-refractivity contribution is 5.98. The van der Waals surface area contributed by atoms with E-state index in [4.69, 9.17) is 4.74 Å². The van der Waals surface area contributed by atoms with Crippen LogP contribution in [0.25, 0.3) is 0 Å². The number of benzene rings is 1. The lowest BCUT2D eigenvalue weighted by Crippen LogP contribution is -2.52. The summed E-state index contributed by atoms with van der Waals surface area (Å²) >= 11 is 0. The van der Waals surface area contributed by atoms with E-state index in [0.717, 1.165) is 22.5 Å². The number of nitrogens with zero attached hydrogens (tertiary/aromatic N) is 3. The number of hydrogen-bond acceptors (Lipinski definition) is 7. The van der Waals surface area contributed by atoms with Gasteiger partial charge in [0.05, 0.1) is 5.41 Å². The van der Waals surface area contributed by atoms with Gasteiger partial charge in [-0.15, -0.1) is 0 Å². The molecule has 41 heavy (non-hydrogen) atoms. The summed E-state index contributed by atoms with van der Waals surface area (Å²) in [5, 5.41) is 12.3. The minimum Gasteiger partial charge on any atom is -0.489 e. The van der Waals surface area contributed by atoms with Gasteiger partial charge in [-0.2, -0.15) is 0 Å². The number of aryl methyl sites for hydroxylation is 2. The minimum atomic E-state index is -1.18. The lowest BCUT2D eigenvalue weighted by atomic mass is 9.75. The van der Waals surface area contributed by atoms with Crippen molar-refractivity contribution in [2.24, 2.45) is 5.92 Å². The van der Waals surface area contributed by atoms with Crippen LogP contribution in [0.4, 0.5) is 0 Å². The van der Waals surface area contributed by atoms with Crippen LogP contribution in [0.5, 0.6) is 5.75 Å². The highest BCUT2D eigenvalue weighted by Crippen LogP contribution is 2.41. The van der Waals surface area contributed by atoms with Gasteiger partial charge in [-0.3, -0.25) is 29.6 Å². The predicted octanol–water partition coefficient (Wildman–Crippen LogP) is 3.38. The lowest BCUT2D eigenvalue weighted by molar-refractivity contribution is -0.146. The molecule has 1 saturated heterocycles. The van der Waals surface area contributed by atoms with Crippen LogP contribution >= 0.6 is 0 Å². The average Bonchev–Trinajstić information content (AvgIpc) is 3.26. The molecule has 0 aliphatic carbocycles. The molecule has 1 aliphatic rings. The van der Waals surface area contributed by atoms with Gasteiger partial charge in [-0.1, -0.05) is 26.0 Å². The van der Waals surface area contributed by atoms with Gasteiger partial charge in [0.25, 0.3) is 5.91 Å². The quantitative estimate of drug-likeness (QED) is 0.242. The predicted molar refractivity (Wildman–Crippen MR) is 152 cm³/mol. The zero-order valence-electron chi connectivity index (χ0n) is 23.9. The largest absolute Gasteiger partial charge is 0.489 e. The Hall–Kier alpha value is -4.31. The van der Waals surface area contributed by atoms with Crippen molar-refractivity contribution >= 4 is 17.7 Å². The number of amides is 3. The molecule has 0 radical (unpaired) electrons. The SMILES string of the molecule is Cc1cc(COc2ccc(C3(CC(=O)NCc4ccncc4)CCN(C(C(=O)NO)C(C)C)C3=O)cc2)cc(C)n1. The number of carbonyl (C=O) groups excluding carboxylic acids is 3. The molecule has 0 bridgehead atoms. The highest BCUT2D eigenvalue weighted by atomic mass is 16.5. The topological polar surface area (TPSA) is 134 Å². The van der Waals surface area contributed by atoms with E-state index in [1.54, 1.807) is 30.0 Å². The molecule has 3 amide bonds. The number of hydrogen-bond donors (Lipinski definition) is 3. The molecule has 1 fully saturated rings. The maximum absolute atomic E-state index is 14.1. The summed E-state index contributed by atoms with van der Waals surface area (Å²) in [7, 11) is 0. The smallest absolute Gasteiger partial charge is 0.266 e. The summed E-state index contributed by atoms with van der Waals surface area (Å²) < 4.78 is 6.00. The Balaban J connectivity index is 1.58. The van der Waals surface area contributed by atoms with Gasteiger partial charge >= 0.3 is 0 Å². The van der Waals surface area contributed by atoms with Crippen LogP contribution in [0.3, 0.4) is 0 Å². The zero-order valence-corrected chi connectivity index (χ0v) is 23.9. The Morgan fingerprint density at radius 2 is 1.71 bits per heavy atom. The fourth-order valence-electron chi connectivity index (χ4n) is 5.54. The second-order valence-electron chi connectivity index (χ2n) is 10.9. The number of aromatic nitrogens is 2. The molecular weight excluding hydrogens is 522 g/mol. The molecule has 3 N–H and O–H groups in total. The number of rotatable bonds is 11. The van der Waals surface area contributed by atoms with Crippen molar-refractivity contribution in [3.8, 4) is 5.75 Å². The zero-order chi connectivity index (χ0) is 29.6. The molecule has 216 valence electrons. The second-order valence-corrected chi connectivity index (χ2v) is 10.9. The van der Waals surface area contributed by atoms with Crippen LogP contribution in [0.1, 0.15) is 54.8 Å². The normalized spacial score (nSPS) is 17.4. The van der Waals surface area contributed by atoms with Crippen LogP contribution in [-0.4, -0.2) is 50.4 Å². The molecule has 2 atom stereocenters. The first-order valence-corrected chi connectivity index (χ1v) is 13.7. The van der Waals surface area contributed by atoms with E-state index in [-0.39, 0.29) is 30.7 Å². The Morgan fingerprint density at radius 1 is 1.05 bits per heavy atom. The van der Waals surface area contributed by atoms with Gasteiger partial charge in [0, 0.05) is 43.3 Å². The van der Waals surface area contributed by atoms with Gasteiger partial charge in [0.2, 0.25) is 11.8 Å². The van der Waals surface area contributed by atoms with E-state index in [1.165, 1.54) is 4.90 Å². The summed E-state index contributed by atoms with van der Waals surface area (Å²) in [5.74, 6) is -0.890. The third-order valence-electron chi connectivity index (χ3n) is 7.45. The first-order chi connectivity index (χ1) is 19.6. The van der Waals surface area contributed by atoms with E-state index in [9.17, 15) is 19.6 Å². The molecule has 3 heterocycles. The van der Waals surface area contributed by atoms with E-state index in [2.05, 4.69) is 15.3 Å². The Bertz CT molecular complexity index is 1360. The summed E-state index contributed by atoms with van der Waals surface area (Å²) in [6.45, 7) is 8.44. The van der Waals surface area contributed by atoms with Crippen LogP contribution in [-0.2, 0) is 33.0 Å². The summed E-state index contributed by atoms with van der Waals surface area (Å²) in [6.07, 6.45) is 3.56. The van der Waals surface area contributed by atoms with Crippen LogP contribution in [0.15, 0.2) is 60.9 Å². The van der Waals surface area contributed by atoms with Crippen LogP contribution < -0.4 is 15.5 Å². The van der Waals surface area contributed by atoms with Gasteiger partial charge in [0.15, 0.2) is 0 Å². The van der Waals surface area contributed by atoms with Crippen molar-refractivity contribution in [2.45, 2.75) is 65.1 Å². The van der Waals surface area contributed by atoms with Gasteiger partial charge < -0.3 is 15.0 Å². The van der Waals surface area contributed by atoms with Gasteiger partial charge in [-0.05, 0) is 79.3 Å². The number of pyridine rings is 2. The number of nitrogens with one attached hydrogen (secondary N) is 2. The second kappa shape index (κ2) is 12.9. The van der Waals surface area contributed by atoms with Crippen molar-refractivity contribution in [1.82, 2.24) is 25.7 Å². The molecule has 10 nitrogen and oxygen atoms in total. The molecular formula is C31H37N5O5. The maximum atomic E-state index is 14.1. The summed E-state index contributed by atoms with van der Waals surface area (Å²) in [5.41, 5.74) is 4.92. The maximum Gasteiger partial charge on any atom is 0.266 e. The number of carbonyl (C=O) groups is 3. The third kappa shape index (κ3) is 6.89. The first-order valence-electron chi connectivity index (χ1n) is 13.7. The summed E-state index contributed by atoms with van der Waals surface area (Å²) in [6, 6.07) is 13.9. The molecule has 2 aromatic heterocycles. The van der Waals surface area contributed by atoms with E-state index in [0.29, 0.717) is 30.9 Å². The number of likely N-dealkylation sites (tertiary alicyclic amines) is 1. The molecule has 1 aliphatic heterocycles. The number of ether oxygens (including phenoxy) is 1. The Kier molecular flexibility index (Phi) is 9.34. The average molecular weight is 560 g/mol. The van der Waals surface area contributed by atoms with E-state index >= 15 is 0 Å². The standard InChI is InChI=1S/C31H37N5O5/c1-20(2)28(29(38)35-40)36-14-11-31(30(36)39,17-27(37)33-18-23-9-12-32-13-10-23)25-5-7-26(8-6-25)41-19-24-15-21(3)34-22(4)16-24/h5-10,12-13,15-16,20,28,40H,11,14,17-19H2,1-4H3,(H,33,37)(H,35,38). The van der Waals surface area contributed by atoms with Crippen molar-refractivity contribution in [3.05, 3.63) is 89.0 Å². The van der Waals surface area contributed by atoms with Crippen molar-refractivity contribution in [2.75, 3.05) is 6.54 Å². The van der Waals surface area contributed by atoms with E-state index in [1.807, 2.05) is 64.1 Å². The highest BCUT2D eigenvalue weighted by Gasteiger charge is 2.52. The Labute approximate surface area is 240 Å². The third-order valence-corrected chi connectivity index (χ3v) is 7.45. The molecule has 10 heteroatoms. The fourth-order valence-corrected chi connectivity index (χ4v) is 5.54. The van der Waals surface area contributed by atoms with Crippen molar-refractivity contribution in [3.63, 3.8) is 0 Å². The van der Waals surface area contributed by atoms with E-state index < -0.39 is 17.4 Å². The molecule has 0 spiro atoms. The van der Waals surface area contributed by atoms with Crippen molar-refractivity contribution < 1.29 is 24.3 Å². The van der Waals surface area contributed by atoms with Crippen LogP contribution in [0, 0.1) is 19.8 Å². The minimum absolute atomic E-state index is 0.0885. The van der Waals surface area contributed by atoms with Gasteiger partial charge in [0.1, 0.15) is 18.4 Å². The lowest BCUT2D eigenvalue weighted by Gasteiger charge is -2.32. The summed E-state index contributed by atoms with van der Waals surface area (Å²) in [4.78, 5) is 49.7. The number of hydroxylamine groups is 1. The van der Waals surface area contributed by atoms with Crippen LogP contribution in [0.2, 0.25) is 0 Å². The molecule has 1 aromatic carbocycles. The molecule has 3 aromatic rings.